The average Bonchev–Trinajstić information content (AvgIpc) is 2.67. The quantitative estimate of drug-likeness (QED) is 0.689. The molecule has 0 saturated heterocycles. The molecule has 1 rings (SSSR count). The summed E-state index contributed by atoms with van der Waals surface area (Å²) in [7, 11) is 3.42. The number of nitrogens with one attached hydrogen (secondary N) is 1. The molecule has 0 saturated carbocycles. The van der Waals surface area contributed by atoms with Gasteiger partial charge in [0.2, 0.25) is 0 Å². The third-order valence-corrected chi connectivity index (χ3v) is 2.84. The maximum atomic E-state index is 5.24. The van der Waals surface area contributed by atoms with Crippen LogP contribution in [-0.2, 0) is 22.6 Å². The van der Waals surface area contributed by atoms with E-state index in [1.54, 1.807) is 14.2 Å². The van der Waals surface area contributed by atoms with Gasteiger partial charge in [0.05, 0.1) is 25.5 Å². The molecule has 1 aromatic heterocycles. The van der Waals surface area contributed by atoms with E-state index in [2.05, 4.69) is 17.3 Å². The molecule has 1 heterocycles. The third-order valence-electron chi connectivity index (χ3n) is 2.84. The van der Waals surface area contributed by atoms with E-state index in [9.17, 15) is 0 Å². The molecular weight excluding hydrogens is 218 g/mol. The second-order valence-electron chi connectivity index (χ2n) is 4.15. The van der Waals surface area contributed by atoms with Crippen LogP contribution in [0.25, 0.3) is 0 Å². The van der Waals surface area contributed by atoms with Crippen LogP contribution in [0, 0.1) is 6.92 Å². The van der Waals surface area contributed by atoms with Crippen LogP contribution in [-0.4, -0.2) is 43.3 Å². The normalized spacial score (nSPS) is 12.9. The molecule has 0 fully saturated rings. The van der Waals surface area contributed by atoms with Crippen molar-refractivity contribution in [2.24, 2.45) is 0 Å². The Kier molecular flexibility index (Phi) is 6.18. The highest BCUT2D eigenvalue weighted by Gasteiger charge is 2.08. The number of rotatable bonds is 8. The lowest BCUT2D eigenvalue weighted by Crippen LogP contribution is -2.19. The van der Waals surface area contributed by atoms with Crippen molar-refractivity contribution in [3.8, 4) is 0 Å². The molecule has 0 aliphatic carbocycles. The van der Waals surface area contributed by atoms with Gasteiger partial charge in [-0.3, -0.25) is 4.68 Å². The Morgan fingerprint density at radius 2 is 2.24 bits per heavy atom. The Hall–Kier alpha value is -0.910. The van der Waals surface area contributed by atoms with Gasteiger partial charge in [-0.15, -0.1) is 0 Å². The van der Waals surface area contributed by atoms with Gasteiger partial charge in [0.1, 0.15) is 0 Å². The zero-order valence-corrected chi connectivity index (χ0v) is 11.2. The van der Waals surface area contributed by atoms with E-state index in [1.165, 1.54) is 11.3 Å². The molecule has 0 spiro atoms. The average molecular weight is 241 g/mol. The van der Waals surface area contributed by atoms with Crippen LogP contribution < -0.4 is 5.32 Å². The fourth-order valence-electron chi connectivity index (χ4n) is 1.56. The number of hydrogen-bond acceptors (Lipinski definition) is 4. The molecule has 0 bridgehead atoms. The van der Waals surface area contributed by atoms with E-state index < -0.39 is 0 Å². The summed E-state index contributed by atoms with van der Waals surface area (Å²) < 4.78 is 12.2. The molecule has 0 radical (unpaired) electrons. The predicted molar refractivity (Wildman–Crippen MR) is 67.0 cm³/mol. The van der Waals surface area contributed by atoms with Crippen molar-refractivity contribution < 1.29 is 9.47 Å². The molecule has 0 aliphatic heterocycles. The summed E-state index contributed by atoms with van der Waals surface area (Å²) in [5, 5.41) is 7.68. The van der Waals surface area contributed by atoms with Gasteiger partial charge in [-0.25, -0.2) is 0 Å². The lowest BCUT2D eigenvalue weighted by molar-refractivity contribution is 0.0992. The lowest BCUT2D eigenvalue weighted by Gasteiger charge is -2.11. The van der Waals surface area contributed by atoms with Gasteiger partial charge in [-0.2, -0.15) is 5.10 Å². The number of aromatic nitrogens is 2. The topological polar surface area (TPSA) is 48.3 Å². The Balaban J connectivity index is 2.46. The maximum Gasteiger partial charge on any atom is 0.0739 e. The first-order valence-corrected chi connectivity index (χ1v) is 5.92. The van der Waals surface area contributed by atoms with Crippen LogP contribution in [0.3, 0.4) is 0 Å². The maximum absolute atomic E-state index is 5.24. The Morgan fingerprint density at radius 1 is 1.47 bits per heavy atom. The standard InChI is InChI=1S/C12H23N3O2/c1-10(17-4)9-15-11(2)12(8-14-15)7-13-5-6-16-3/h8,10,13H,5-7,9H2,1-4H3. The Labute approximate surface area is 103 Å². The molecule has 5 heteroatoms. The van der Waals surface area contributed by atoms with Gasteiger partial charge < -0.3 is 14.8 Å². The molecule has 5 nitrogen and oxygen atoms in total. The fraction of sp³-hybridized carbons (Fsp3) is 0.750. The first kappa shape index (κ1) is 14.2. The van der Waals surface area contributed by atoms with Crippen molar-refractivity contribution in [3.05, 3.63) is 17.5 Å². The van der Waals surface area contributed by atoms with Crippen molar-refractivity contribution in [2.45, 2.75) is 33.0 Å². The van der Waals surface area contributed by atoms with Gasteiger partial charge in [0.25, 0.3) is 0 Å². The lowest BCUT2D eigenvalue weighted by atomic mass is 10.2. The summed E-state index contributed by atoms with van der Waals surface area (Å²) in [6.45, 7) is 7.33. The number of nitrogens with zero attached hydrogens (tertiary/aromatic N) is 2. The van der Waals surface area contributed by atoms with Crippen LogP contribution in [0.15, 0.2) is 6.20 Å². The van der Waals surface area contributed by atoms with E-state index in [4.69, 9.17) is 9.47 Å². The monoisotopic (exact) mass is 241 g/mol. The van der Waals surface area contributed by atoms with E-state index in [1.807, 2.05) is 17.8 Å². The number of hydrogen-bond donors (Lipinski definition) is 1. The summed E-state index contributed by atoms with van der Waals surface area (Å²) in [6, 6.07) is 0. The van der Waals surface area contributed by atoms with Gasteiger partial charge in [-0.1, -0.05) is 0 Å². The molecule has 0 aromatic carbocycles. The summed E-state index contributed by atoms with van der Waals surface area (Å²) >= 11 is 0. The predicted octanol–water partition coefficient (Wildman–Crippen LogP) is 0.962. The number of ether oxygens (including phenoxy) is 2. The van der Waals surface area contributed by atoms with Gasteiger partial charge >= 0.3 is 0 Å². The van der Waals surface area contributed by atoms with Gasteiger partial charge in [0.15, 0.2) is 0 Å². The fourth-order valence-corrected chi connectivity index (χ4v) is 1.56. The van der Waals surface area contributed by atoms with Crippen LogP contribution in [0.5, 0.6) is 0 Å². The zero-order valence-electron chi connectivity index (χ0n) is 11.2. The Morgan fingerprint density at radius 3 is 2.88 bits per heavy atom. The second kappa shape index (κ2) is 7.42. The highest BCUT2D eigenvalue weighted by atomic mass is 16.5. The molecule has 1 aromatic rings. The minimum Gasteiger partial charge on any atom is -0.383 e. The highest BCUT2D eigenvalue weighted by molar-refractivity contribution is 5.15. The molecule has 1 N–H and O–H groups in total. The first-order valence-electron chi connectivity index (χ1n) is 5.92. The summed E-state index contributed by atoms with van der Waals surface area (Å²) in [4.78, 5) is 0. The summed E-state index contributed by atoms with van der Waals surface area (Å²) in [5.74, 6) is 0. The first-order chi connectivity index (χ1) is 8.19. The molecule has 1 atom stereocenters. The Bertz CT molecular complexity index is 326. The smallest absolute Gasteiger partial charge is 0.0739 e. The highest BCUT2D eigenvalue weighted by Crippen LogP contribution is 2.08. The van der Waals surface area contributed by atoms with Crippen molar-refractivity contribution in [1.82, 2.24) is 15.1 Å². The van der Waals surface area contributed by atoms with Crippen LogP contribution in [0.1, 0.15) is 18.2 Å². The minimum absolute atomic E-state index is 0.183. The van der Waals surface area contributed by atoms with E-state index in [0.717, 1.165) is 26.2 Å². The van der Waals surface area contributed by atoms with Crippen LogP contribution in [0.2, 0.25) is 0 Å². The van der Waals surface area contributed by atoms with Gasteiger partial charge in [-0.05, 0) is 13.8 Å². The third kappa shape index (κ3) is 4.46. The zero-order chi connectivity index (χ0) is 12.7. The van der Waals surface area contributed by atoms with Crippen molar-refractivity contribution in [3.63, 3.8) is 0 Å². The van der Waals surface area contributed by atoms with Crippen molar-refractivity contribution in [2.75, 3.05) is 27.4 Å². The van der Waals surface area contributed by atoms with E-state index in [0.29, 0.717) is 0 Å². The molecule has 1 unspecified atom stereocenters. The molecule has 0 aliphatic rings. The van der Waals surface area contributed by atoms with E-state index >= 15 is 0 Å². The van der Waals surface area contributed by atoms with Crippen molar-refractivity contribution in [1.29, 1.82) is 0 Å². The van der Waals surface area contributed by atoms with Gasteiger partial charge in [0, 0.05) is 38.6 Å². The van der Waals surface area contributed by atoms with Crippen LogP contribution >= 0.6 is 0 Å². The van der Waals surface area contributed by atoms with Crippen LogP contribution in [0.4, 0.5) is 0 Å². The summed E-state index contributed by atoms with van der Waals surface area (Å²) in [6.07, 6.45) is 2.10. The largest absolute Gasteiger partial charge is 0.383 e. The SMILES string of the molecule is COCCNCc1cnn(CC(C)OC)c1C. The minimum atomic E-state index is 0.183. The van der Waals surface area contributed by atoms with E-state index in [-0.39, 0.29) is 6.10 Å². The molecular formula is C12H23N3O2. The van der Waals surface area contributed by atoms with Crippen molar-refractivity contribution >= 4 is 0 Å². The molecule has 0 amide bonds. The molecule has 98 valence electrons. The summed E-state index contributed by atoms with van der Waals surface area (Å²) in [5.41, 5.74) is 2.42. The molecule has 17 heavy (non-hydrogen) atoms. The number of methoxy groups -OCH3 is 2. The second-order valence-corrected chi connectivity index (χ2v) is 4.15.